The van der Waals surface area contributed by atoms with E-state index in [9.17, 15) is 9.59 Å². The van der Waals surface area contributed by atoms with Crippen LogP contribution in [0.3, 0.4) is 0 Å². The Bertz CT molecular complexity index is 309. The van der Waals surface area contributed by atoms with E-state index in [0.29, 0.717) is 13.2 Å². The lowest BCUT2D eigenvalue weighted by Gasteiger charge is -2.28. The van der Waals surface area contributed by atoms with E-state index in [2.05, 4.69) is 5.32 Å². The highest BCUT2D eigenvalue weighted by Gasteiger charge is 2.30. The number of ether oxygens (including phenoxy) is 1. The summed E-state index contributed by atoms with van der Waals surface area (Å²) < 4.78 is 5.19. The Morgan fingerprint density at radius 1 is 1.28 bits per heavy atom. The molecule has 0 aromatic rings. The Labute approximate surface area is 106 Å². The number of carboxylic acids is 1. The highest BCUT2D eigenvalue weighted by Crippen LogP contribution is 2.23. The lowest BCUT2D eigenvalue weighted by Crippen LogP contribution is -2.50. The number of rotatable bonds is 4. The predicted octanol–water partition coefficient (Wildman–Crippen LogP) is 0.814. The summed E-state index contributed by atoms with van der Waals surface area (Å²) >= 11 is 0. The first-order valence-electron chi connectivity index (χ1n) is 6.53. The standard InChI is InChI=1S/C12H20N2O4/c15-11(16)7-14(10-3-1-2-4-10)12(17)13-9-5-6-18-8-9/h9-10H,1-8H2,(H,13,17)(H,15,16). The minimum absolute atomic E-state index is 0.0233. The van der Waals surface area contributed by atoms with Crippen molar-refractivity contribution in [2.75, 3.05) is 19.8 Å². The third-order valence-electron chi connectivity index (χ3n) is 3.59. The van der Waals surface area contributed by atoms with Crippen molar-refractivity contribution in [3.8, 4) is 0 Å². The first kappa shape index (κ1) is 13.1. The predicted molar refractivity (Wildman–Crippen MR) is 64.4 cm³/mol. The number of nitrogens with one attached hydrogen (secondary N) is 1. The highest BCUT2D eigenvalue weighted by atomic mass is 16.5. The molecular weight excluding hydrogens is 236 g/mol. The van der Waals surface area contributed by atoms with Crippen molar-refractivity contribution in [1.29, 1.82) is 0 Å². The van der Waals surface area contributed by atoms with Gasteiger partial charge in [-0.2, -0.15) is 0 Å². The SMILES string of the molecule is O=C(O)CN(C(=O)NC1CCOC1)C1CCCC1. The van der Waals surface area contributed by atoms with E-state index >= 15 is 0 Å². The van der Waals surface area contributed by atoms with Gasteiger partial charge in [-0.05, 0) is 19.3 Å². The van der Waals surface area contributed by atoms with Crippen LogP contribution in [0.2, 0.25) is 0 Å². The third kappa shape index (κ3) is 3.35. The van der Waals surface area contributed by atoms with Gasteiger partial charge in [0.2, 0.25) is 0 Å². The lowest BCUT2D eigenvalue weighted by atomic mass is 10.2. The van der Waals surface area contributed by atoms with E-state index in [-0.39, 0.29) is 24.7 Å². The molecule has 1 unspecified atom stereocenters. The van der Waals surface area contributed by atoms with Crippen molar-refractivity contribution in [1.82, 2.24) is 10.2 Å². The summed E-state index contributed by atoms with van der Waals surface area (Å²) in [7, 11) is 0. The van der Waals surface area contributed by atoms with Crippen molar-refractivity contribution < 1.29 is 19.4 Å². The molecule has 1 aliphatic carbocycles. The van der Waals surface area contributed by atoms with Gasteiger partial charge in [-0.3, -0.25) is 4.79 Å². The van der Waals surface area contributed by atoms with E-state index in [1.807, 2.05) is 0 Å². The summed E-state index contributed by atoms with van der Waals surface area (Å²) in [6, 6.07) is -0.168. The molecule has 2 aliphatic rings. The molecule has 0 radical (unpaired) electrons. The summed E-state index contributed by atoms with van der Waals surface area (Å²) in [5.41, 5.74) is 0. The van der Waals surface area contributed by atoms with Crippen LogP contribution < -0.4 is 5.32 Å². The molecule has 18 heavy (non-hydrogen) atoms. The number of urea groups is 1. The first-order valence-corrected chi connectivity index (χ1v) is 6.53. The third-order valence-corrected chi connectivity index (χ3v) is 3.59. The number of hydrogen-bond donors (Lipinski definition) is 2. The Balaban J connectivity index is 1.93. The Morgan fingerprint density at radius 3 is 2.56 bits per heavy atom. The van der Waals surface area contributed by atoms with E-state index < -0.39 is 5.97 Å². The zero-order valence-electron chi connectivity index (χ0n) is 10.4. The summed E-state index contributed by atoms with van der Waals surface area (Å²) in [5, 5.41) is 11.8. The van der Waals surface area contributed by atoms with Crippen molar-refractivity contribution in [3.63, 3.8) is 0 Å². The molecule has 102 valence electrons. The molecule has 6 heteroatoms. The summed E-state index contributed by atoms with van der Waals surface area (Å²) in [6.07, 6.45) is 4.75. The molecule has 0 aromatic heterocycles. The van der Waals surface area contributed by atoms with Gasteiger partial charge in [0.15, 0.2) is 0 Å². The number of carbonyl (C=O) groups is 2. The van der Waals surface area contributed by atoms with Crippen LogP contribution >= 0.6 is 0 Å². The van der Waals surface area contributed by atoms with Crippen molar-refractivity contribution in [2.24, 2.45) is 0 Å². The summed E-state index contributed by atoms with van der Waals surface area (Å²) in [6.45, 7) is 0.967. The molecule has 2 amide bonds. The minimum atomic E-state index is -0.959. The van der Waals surface area contributed by atoms with E-state index in [1.54, 1.807) is 0 Å². The molecule has 0 bridgehead atoms. The van der Waals surface area contributed by atoms with E-state index in [1.165, 1.54) is 4.90 Å². The fourth-order valence-corrected chi connectivity index (χ4v) is 2.63. The second kappa shape index (κ2) is 6.04. The number of aliphatic carboxylic acids is 1. The summed E-state index contributed by atoms with van der Waals surface area (Å²) in [5.74, 6) is -0.959. The number of nitrogens with zero attached hydrogens (tertiary/aromatic N) is 1. The van der Waals surface area contributed by atoms with Gasteiger partial charge in [-0.15, -0.1) is 0 Å². The Kier molecular flexibility index (Phi) is 4.41. The number of carboxylic acid groups (broad SMARTS) is 1. The quantitative estimate of drug-likeness (QED) is 0.780. The molecule has 0 aromatic carbocycles. The molecular formula is C12H20N2O4. The van der Waals surface area contributed by atoms with Gasteiger partial charge in [0.05, 0.1) is 12.6 Å². The molecule has 1 saturated carbocycles. The average molecular weight is 256 g/mol. The topological polar surface area (TPSA) is 78.9 Å². The van der Waals surface area contributed by atoms with Crippen molar-refractivity contribution in [2.45, 2.75) is 44.2 Å². The first-order chi connectivity index (χ1) is 8.66. The van der Waals surface area contributed by atoms with Crippen LogP contribution in [0, 0.1) is 0 Å². The second-order valence-corrected chi connectivity index (χ2v) is 4.97. The molecule has 2 N–H and O–H groups in total. The van der Waals surface area contributed by atoms with E-state index in [4.69, 9.17) is 9.84 Å². The number of amides is 2. The normalized spacial score (nSPS) is 24.1. The van der Waals surface area contributed by atoms with Gasteiger partial charge < -0.3 is 20.1 Å². The zero-order valence-corrected chi connectivity index (χ0v) is 10.4. The van der Waals surface area contributed by atoms with Crippen molar-refractivity contribution in [3.05, 3.63) is 0 Å². The molecule has 2 fully saturated rings. The van der Waals surface area contributed by atoms with Gasteiger partial charge in [0.1, 0.15) is 6.54 Å². The average Bonchev–Trinajstić information content (AvgIpc) is 2.97. The van der Waals surface area contributed by atoms with Crippen LogP contribution in [0.4, 0.5) is 4.79 Å². The Morgan fingerprint density at radius 2 is 2.00 bits per heavy atom. The maximum Gasteiger partial charge on any atom is 0.323 e. The van der Waals surface area contributed by atoms with Gasteiger partial charge in [-0.25, -0.2) is 4.79 Å². The zero-order chi connectivity index (χ0) is 13.0. The van der Waals surface area contributed by atoms with Crippen molar-refractivity contribution >= 4 is 12.0 Å². The van der Waals surface area contributed by atoms with Gasteiger partial charge in [0.25, 0.3) is 0 Å². The monoisotopic (exact) mass is 256 g/mol. The minimum Gasteiger partial charge on any atom is -0.480 e. The molecule has 1 atom stereocenters. The smallest absolute Gasteiger partial charge is 0.323 e. The van der Waals surface area contributed by atoms with Crippen LogP contribution in [0.5, 0.6) is 0 Å². The lowest BCUT2D eigenvalue weighted by molar-refractivity contribution is -0.138. The van der Waals surface area contributed by atoms with Gasteiger partial charge >= 0.3 is 12.0 Å². The van der Waals surface area contributed by atoms with Crippen LogP contribution in [0.25, 0.3) is 0 Å². The maximum atomic E-state index is 12.1. The molecule has 1 heterocycles. The van der Waals surface area contributed by atoms with Gasteiger partial charge in [0, 0.05) is 12.6 Å². The highest BCUT2D eigenvalue weighted by molar-refractivity contribution is 5.80. The number of carbonyl (C=O) groups excluding carboxylic acids is 1. The maximum absolute atomic E-state index is 12.1. The number of hydrogen-bond acceptors (Lipinski definition) is 3. The molecule has 0 spiro atoms. The van der Waals surface area contributed by atoms with Gasteiger partial charge in [-0.1, -0.05) is 12.8 Å². The molecule has 1 saturated heterocycles. The molecule has 6 nitrogen and oxygen atoms in total. The summed E-state index contributed by atoms with van der Waals surface area (Å²) in [4.78, 5) is 24.4. The molecule has 2 rings (SSSR count). The van der Waals surface area contributed by atoms with Crippen LogP contribution in [0.15, 0.2) is 0 Å². The molecule has 1 aliphatic heterocycles. The fourth-order valence-electron chi connectivity index (χ4n) is 2.63. The van der Waals surface area contributed by atoms with Crippen LogP contribution in [-0.4, -0.2) is 53.8 Å². The second-order valence-electron chi connectivity index (χ2n) is 4.97. The fraction of sp³-hybridized carbons (Fsp3) is 0.833. The van der Waals surface area contributed by atoms with Crippen LogP contribution in [0.1, 0.15) is 32.1 Å². The van der Waals surface area contributed by atoms with Crippen LogP contribution in [-0.2, 0) is 9.53 Å². The van der Waals surface area contributed by atoms with E-state index in [0.717, 1.165) is 32.1 Å². The largest absolute Gasteiger partial charge is 0.480 e. The Hall–Kier alpha value is -1.30.